The van der Waals surface area contributed by atoms with Crippen LogP contribution >= 0.6 is 0 Å². The zero-order valence-corrected chi connectivity index (χ0v) is 10.0. The lowest BCUT2D eigenvalue weighted by Crippen LogP contribution is -2.01. The normalized spacial score (nSPS) is 11.2. The van der Waals surface area contributed by atoms with E-state index in [0.717, 1.165) is 16.6 Å². The van der Waals surface area contributed by atoms with Gasteiger partial charge in [0.1, 0.15) is 0 Å². The summed E-state index contributed by atoms with van der Waals surface area (Å²) in [5.74, 6) is 0.614. The minimum absolute atomic E-state index is 0.234. The number of hydrogen-bond acceptors (Lipinski definition) is 1. The van der Waals surface area contributed by atoms with Gasteiger partial charge in [0.25, 0.3) is 0 Å². The molecule has 2 heterocycles. The van der Waals surface area contributed by atoms with Crippen molar-refractivity contribution >= 4 is 11.3 Å². The summed E-state index contributed by atoms with van der Waals surface area (Å²) in [6, 6.07) is 5.97. The van der Waals surface area contributed by atoms with Gasteiger partial charge in [0.2, 0.25) is 0 Å². The van der Waals surface area contributed by atoms with Gasteiger partial charge in [-0.15, -0.1) is 0 Å². The molecule has 0 radical (unpaired) electrons. The van der Waals surface area contributed by atoms with Crippen molar-refractivity contribution in [2.75, 3.05) is 0 Å². The van der Waals surface area contributed by atoms with Gasteiger partial charge in [-0.3, -0.25) is 4.79 Å². The third kappa shape index (κ3) is 1.64. The van der Waals surface area contributed by atoms with Crippen LogP contribution in [0.25, 0.3) is 5.52 Å². The van der Waals surface area contributed by atoms with E-state index in [1.807, 2.05) is 35.7 Å². The van der Waals surface area contributed by atoms with E-state index in [-0.39, 0.29) is 5.78 Å². The summed E-state index contributed by atoms with van der Waals surface area (Å²) in [4.78, 5) is 12.0. The Morgan fingerprint density at radius 1 is 1.38 bits per heavy atom. The number of hydrogen-bond donors (Lipinski definition) is 0. The Balaban J connectivity index is 2.74. The topological polar surface area (TPSA) is 21.5 Å². The average molecular weight is 215 g/mol. The third-order valence-electron chi connectivity index (χ3n) is 2.93. The summed E-state index contributed by atoms with van der Waals surface area (Å²) < 4.78 is 2.04. The Kier molecular flexibility index (Phi) is 2.82. The third-order valence-corrected chi connectivity index (χ3v) is 2.93. The van der Waals surface area contributed by atoms with Crippen LogP contribution in [0, 0.1) is 0 Å². The lowest BCUT2D eigenvalue weighted by Gasteiger charge is -2.05. The molecule has 0 saturated heterocycles. The standard InChI is InChI=1S/C14H17NO/c1-4-13(16)14-11(10(2)3)9-15-8-6-5-7-12(14)15/h5-10H,4H2,1-3H3. The molecule has 2 rings (SSSR count). The average Bonchev–Trinajstić information content (AvgIpc) is 2.67. The quantitative estimate of drug-likeness (QED) is 0.716. The number of nitrogens with zero attached hydrogens (tertiary/aromatic N) is 1. The minimum atomic E-state index is 0.234. The van der Waals surface area contributed by atoms with Gasteiger partial charge in [0.05, 0.1) is 5.52 Å². The van der Waals surface area contributed by atoms with Crippen LogP contribution in [0.1, 0.15) is 49.0 Å². The summed E-state index contributed by atoms with van der Waals surface area (Å²) in [5.41, 5.74) is 3.08. The molecule has 2 aromatic rings. The zero-order valence-electron chi connectivity index (χ0n) is 10.0. The van der Waals surface area contributed by atoms with E-state index in [1.54, 1.807) is 0 Å². The molecule has 2 aromatic heterocycles. The predicted molar refractivity (Wildman–Crippen MR) is 66.1 cm³/mol. The van der Waals surface area contributed by atoms with E-state index >= 15 is 0 Å². The molecule has 0 aliphatic heterocycles. The molecule has 0 aliphatic rings. The highest BCUT2D eigenvalue weighted by molar-refractivity contribution is 6.04. The van der Waals surface area contributed by atoms with E-state index in [1.165, 1.54) is 0 Å². The van der Waals surface area contributed by atoms with Crippen molar-refractivity contribution in [1.29, 1.82) is 0 Å². The molecule has 0 spiro atoms. The smallest absolute Gasteiger partial charge is 0.165 e. The van der Waals surface area contributed by atoms with Crippen molar-refractivity contribution in [3.63, 3.8) is 0 Å². The van der Waals surface area contributed by atoms with E-state index in [2.05, 4.69) is 20.0 Å². The fourth-order valence-corrected chi connectivity index (χ4v) is 2.06. The van der Waals surface area contributed by atoms with Crippen LogP contribution in [-0.2, 0) is 0 Å². The molecule has 0 unspecified atom stereocenters. The van der Waals surface area contributed by atoms with Gasteiger partial charge in [0, 0.05) is 24.4 Å². The SMILES string of the molecule is CCC(=O)c1c(C(C)C)cn2ccccc12. The molecule has 16 heavy (non-hydrogen) atoms. The first-order chi connectivity index (χ1) is 7.65. The fourth-order valence-electron chi connectivity index (χ4n) is 2.06. The van der Waals surface area contributed by atoms with Gasteiger partial charge in [-0.25, -0.2) is 0 Å². The lowest BCUT2D eigenvalue weighted by atomic mass is 9.97. The molecule has 0 fully saturated rings. The van der Waals surface area contributed by atoms with Crippen molar-refractivity contribution < 1.29 is 4.79 Å². The molecule has 0 amide bonds. The molecule has 84 valence electrons. The van der Waals surface area contributed by atoms with E-state index < -0.39 is 0 Å². The maximum absolute atomic E-state index is 12.0. The number of fused-ring (bicyclic) bond motifs is 1. The van der Waals surface area contributed by atoms with Crippen LogP contribution < -0.4 is 0 Å². The van der Waals surface area contributed by atoms with Crippen LogP contribution in [0.2, 0.25) is 0 Å². The summed E-state index contributed by atoms with van der Waals surface area (Å²) in [6.45, 7) is 6.17. The Hall–Kier alpha value is -1.57. The molecular weight excluding hydrogens is 198 g/mol. The molecule has 2 nitrogen and oxygen atoms in total. The van der Waals surface area contributed by atoms with Gasteiger partial charge in [-0.05, 0) is 23.6 Å². The van der Waals surface area contributed by atoms with Crippen molar-refractivity contribution in [2.24, 2.45) is 0 Å². The maximum atomic E-state index is 12.0. The molecule has 2 heteroatoms. The van der Waals surface area contributed by atoms with E-state index in [4.69, 9.17) is 0 Å². The van der Waals surface area contributed by atoms with Gasteiger partial charge in [-0.1, -0.05) is 26.8 Å². The van der Waals surface area contributed by atoms with Crippen LogP contribution in [-0.4, -0.2) is 10.2 Å². The summed E-state index contributed by atoms with van der Waals surface area (Å²) in [7, 11) is 0. The molecule has 0 bridgehead atoms. The summed E-state index contributed by atoms with van der Waals surface area (Å²) >= 11 is 0. The lowest BCUT2D eigenvalue weighted by molar-refractivity contribution is 0.0988. The van der Waals surface area contributed by atoms with Gasteiger partial charge >= 0.3 is 0 Å². The number of aromatic nitrogens is 1. The van der Waals surface area contributed by atoms with Crippen LogP contribution in [0.15, 0.2) is 30.6 Å². The minimum Gasteiger partial charge on any atom is -0.323 e. The highest BCUT2D eigenvalue weighted by Crippen LogP contribution is 2.26. The Morgan fingerprint density at radius 3 is 2.75 bits per heavy atom. The van der Waals surface area contributed by atoms with Crippen molar-refractivity contribution in [2.45, 2.75) is 33.1 Å². The van der Waals surface area contributed by atoms with Crippen molar-refractivity contribution in [1.82, 2.24) is 4.40 Å². The first kappa shape index (κ1) is 10.9. The second-order valence-electron chi connectivity index (χ2n) is 4.38. The van der Waals surface area contributed by atoms with Gasteiger partial charge < -0.3 is 4.40 Å². The highest BCUT2D eigenvalue weighted by Gasteiger charge is 2.17. The number of carbonyl (C=O) groups excluding carboxylic acids is 1. The van der Waals surface area contributed by atoms with E-state index in [0.29, 0.717) is 12.3 Å². The van der Waals surface area contributed by atoms with Gasteiger partial charge in [-0.2, -0.15) is 0 Å². The van der Waals surface area contributed by atoms with E-state index in [9.17, 15) is 4.79 Å². The molecule has 0 N–H and O–H groups in total. The molecule has 0 atom stereocenters. The Bertz CT molecular complexity index is 523. The summed E-state index contributed by atoms with van der Waals surface area (Å²) in [6.07, 6.45) is 4.63. The number of pyridine rings is 1. The molecule has 0 aliphatic carbocycles. The van der Waals surface area contributed by atoms with Crippen LogP contribution in [0.4, 0.5) is 0 Å². The van der Waals surface area contributed by atoms with Gasteiger partial charge in [0.15, 0.2) is 5.78 Å². The number of rotatable bonds is 3. The Morgan fingerprint density at radius 2 is 2.12 bits per heavy atom. The first-order valence-electron chi connectivity index (χ1n) is 5.78. The molecule has 0 aromatic carbocycles. The largest absolute Gasteiger partial charge is 0.323 e. The number of carbonyl (C=O) groups is 1. The van der Waals surface area contributed by atoms with Crippen LogP contribution in [0.5, 0.6) is 0 Å². The predicted octanol–water partition coefficient (Wildman–Crippen LogP) is 3.66. The second kappa shape index (κ2) is 4.12. The Labute approximate surface area is 95.9 Å². The van der Waals surface area contributed by atoms with Crippen molar-refractivity contribution in [3.8, 4) is 0 Å². The fraction of sp³-hybridized carbons (Fsp3) is 0.357. The molecular formula is C14H17NO. The monoisotopic (exact) mass is 215 g/mol. The number of ketones is 1. The first-order valence-corrected chi connectivity index (χ1v) is 5.78. The van der Waals surface area contributed by atoms with Crippen molar-refractivity contribution in [3.05, 3.63) is 41.7 Å². The summed E-state index contributed by atoms with van der Waals surface area (Å²) in [5, 5.41) is 0. The number of Topliss-reactive ketones (excluding diaryl/α,β-unsaturated/α-hetero) is 1. The second-order valence-corrected chi connectivity index (χ2v) is 4.38. The zero-order chi connectivity index (χ0) is 11.7. The van der Waals surface area contributed by atoms with Crippen LogP contribution in [0.3, 0.4) is 0 Å². The molecule has 0 saturated carbocycles. The highest BCUT2D eigenvalue weighted by atomic mass is 16.1. The maximum Gasteiger partial charge on any atom is 0.165 e.